The molecule has 0 aliphatic heterocycles. The van der Waals surface area contributed by atoms with Gasteiger partial charge in [0.25, 0.3) is 0 Å². The third kappa shape index (κ3) is 2.93. The van der Waals surface area contributed by atoms with E-state index in [2.05, 4.69) is 21.9 Å². The molecule has 0 saturated carbocycles. The van der Waals surface area contributed by atoms with Crippen LogP contribution in [0.15, 0.2) is 17.2 Å². The molecular formula is C9H4F3N3. The number of hydrogen-bond donors (Lipinski definition) is 0. The van der Waals surface area contributed by atoms with Gasteiger partial charge in [0.15, 0.2) is 11.6 Å². The topological polar surface area (TPSA) is 48.8 Å². The van der Waals surface area contributed by atoms with Crippen molar-refractivity contribution in [2.75, 3.05) is 6.54 Å². The number of nitrogens with zero attached hydrogens (tertiary/aromatic N) is 3. The highest BCUT2D eigenvalue weighted by molar-refractivity contribution is 5.36. The SMILES string of the molecule is [N-]=[N+]=NCC#Cc1cc(F)c(F)cc1F. The molecule has 15 heavy (non-hydrogen) atoms. The Morgan fingerprint density at radius 1 is 1.20 bits per heavy atom. The fourth-order valence-corrected chi connectivity index (χ4v) is 0.820. The Morgan fingerprint density at radius 2 is 1.87 bits per heavy atom. The molecule has 0 heterocycles. The highest BCUT2D eigenvalue weighted by Gasteiger charge is 2.07. The first-order valence-corrected chi connectivity index (χ1v) is 3.79. The largest absolute Gasteiger partial charge is 0.206 e. The first-order valence-electron chi connectivity index (χ1n) is 3.79. The van der Waals surface area contributed by atoms with Gasteiger partial charge in [-0.1, -0.05) is 17.0 Å². The number of rotatable bonds is 1. The molecule has 0 aliphatic rings. The van der Waals surface area contributed by atoms with Crippen molar-refractivity contribution in [3.63, 3.8) is 0 Å². The minimum absolute atomic E-state index is 0.158. The molecule has 0 saturated heterocycles. The van der Waals surface area contributed by atoms with Crippen molar-refractivity contribution in [2.45, 2.75) is 0 Å². The Balaban J connectivity index is 2.98. The standard InChI is InChI=1S/C9H4F3N3/c10-7-5-9(12)8(11)4-6(7)2-1-3-14-15-13/h4-5H,3H2. The molecule has 1 rings (SSSR count). The van der Waals surface area contributed by atoms with Crippen molar-refractivity contribution in [3.05, 3.63) is 45.6 Å². The Hall–Kier alpha value is -2.12. The van der Waals surface area contributed by atoms with Crippen molar-refractivity contribution in [2.24, 2.45) is 5.11 Å². The molecule has 76 valence electrons. The molecule has 0 fully saturated rings. The maximum absolute atomic E-state index is 12.9. The highest BCUT2D eigenvalue weighted by atomic mass is 19.2. The van der Waals surface area contributed by atoms with Crippen LogP contribution in [-0.2, 0) is 0 Å². The number of halogens is 3. The molecule has 0 N–H and O–H groups in total. The van der Waals surface area contributed by atoms with E-state index in [1.807, 2.05) is 0 Å². The van der Waals surface area contributed by atoms with Gasteiger partial charge in [0.2, 0.25) is 0 Å². The zero-order valence-electron chi connectivity index (χ0n) is 7.34. The second-order valence-corrected chi connectivity index (χ2v) is 2.44. The number of benzene rings is 1. The first kappa shape index (κ1) is 11.0. The van der Waals surface area contributed by atoms with Crippen molar-refractivity contribution in [3.8, 4) is 11.8 Å². The number of hydrogen-bond acceptors (Lipinski definition) is 1. The minimum atomic E-state index is -1.27. The average Bonchev–Trinajstić information content (AvgIpc) is 2.20. The molecule has 1 aromatic rings. The summed E-state index contributed by atoms with van der Waals surface area (Å²) in [5.74, 6) is 1.11. The number of azide groups is 1. The molecule has 0 spiro atoms. The maximum atomic E-state index is 12.9. The molecular weight excluding hydrogens is 207 g/mol. The van der Waals surface area contributed by atoms with Gasteiger partial charge in [0.05, 0.1) is 12.1 Å². The van der Waals surface area contributed by atoms with E-state index in [4.69, 9.17) is 5.53 Å². The highest BCUT2D eigenvalue weighted by Crippen LogP contribution is 2.12. The van der Waals surface area contributed by atoms with E-state index in [1.54, 1.807) is 0 Å². The van der Waals surface area contributed by atoms with E-state index in [0.717, 1.165) is 0 Å². The van der Waals surface area contributed by atoms with Crippen LogP contribution in [0.1, 0.15) is 5.56 Å². The molecule has 0 aliphatic carbocycles. The Labute approximate surface area is 83.2 Å². The summed E-state index contributed by atoms with van der Waals surface area (Å²) in [6.45, 7) is -0.158. The molecule has 0 aromatic heterocycles. The third-order valence-electron chi connectivity index (χ3n) is 1.45. The minimum Gasteiger partial charge on any atom is -0.206 e. The van der Waals surface area contributed by atoms with E-state index in [0.29, 0.717) is 12.1 Å². The van der Waals surface area contributed by atoms with Crippen LogP contribution in [0.25, 0.3) is 10.4 Å². The van der Waals surface area contributed by atoms with E-state index in [9.17, 15) is 13.2 Å². The molecule has 1 aromatic carbocycles. The summed E-state index contributed by atoms with van der Waals surface area (Å²) in [6, 6.07) is 1.06. The van der Waals surface area contributed by atoms with Gasteiger partial charge in [-0.2, -0.15) is 0 Å². The van der Waals surface area contributed by atoms with Crippen LogP contribution in [0.5, 0.6) is 0 Å². The smallest absolute Gasteiger partial charge is 0.161 e. The lowest BCUT2D eigenvalue weighted by Crippen LogP contribution is -1.91. The monoisotopic (exact) mass is 211 g/mol. The van der Waals surface area contributed by atoms with Crippen LogP contribution in [-0.4, -0.2) is 6.54 Å². The third-order valence-corrected chi connectivity index (χ3v) is 1.45. The van der Waals surface area contributed by atoms with Gasteiger partial charge in [-0.3, -0.25) is 0 Å². The summed E-state index contributed by atoms with van der Waals surface area (Å²) in [5, 5.41) is 3.07. The van der Waals surface area contributed by atoms with Crippen molar-refractivity contribution in [1.82, 2.24) is 0 Å². The zero-order valence-corrected chi connectivity index (χ0v) is 7.34. The molecule has 0 atom stereocenters. The van der Waals surface area contributed by atoms with Crippen LogP contribution in [0.2, 0.25) is 0 Å². The average molecular weight is 211 g/mol. The lowest BCUT2D eigenvalue weighted by molar-refractivity contribution is 0.494. The van der Waals surface area contributed by atoms with Gasteiger partial charge in [-0.15, -0.1) is 0 Å². The molecule has 6 heteroatoms. The fraction of sp³-hybridized carbons (Fsp3) is 0.111. The van der Waals surface area contributed by atoms with Crippen LogP contribution in [0, 0.1) is 29.3 Å². The summed E-state index contributed by atoms with van der Waals surface area (Å²) in [6.07, 6.45) is 0. The summed E-state index contributed by atoms with van der Waals surface area (Å²) >= 11 is 0. The first-order chi connectivity index (χ1) is 7.15. The summed E-state index contributed by atoms with van der Waals surface area (Å²) in [5.41, 5.74) is 7.63. The zero-order chi connectivity index (χ0) is 11.3. The van der Waals surface area contributed by atoms with Gasteiger partial charge >= 0.3 is 0 Å². The van der Waals surface area contributed by atoms with Crippen molar-refractivity contribution in [1.29, 1.82) is 0 Å². The van der Waals surface area contributed by atoms with Gasteiger partial charge < -0.3 is 0 Å². The van der Waals surface area contributed by atoms with E-state index >= 15 is 0 Å². The van der Waals surface area contributed by atoms with Gasteiger partial charge in [0.1, 0.15) is 5.82 Å². The molecule has 0 amide bonds. The van der Waals surface area contributed by atoms with Crippen LogP contribution >= 0.6 is 0 Å². The van der Waals surface area contributed by atoms with Crippen molar-refractivity contribution < 1.29 is 13.2 Å². The molecule has 3 nitrogen and oxygen atoms in total. The van der Waals surface area contributed by atoms with E-state index < -0.39 is 17.5 Å². The summed E-state index contributed by atoms with van der Waals surface area (Å²) in [7, 11) is 0. The van der Waals surface area contributed by atoms with Gasteiger partial charge in [0, 0.05) is 11.0 Å². The lowest BCUT2D eigenvalue weighted by Gasteiger charge is -1.95. The summed E-state index contributed by atoms with van der Waals surface area (Å²) in [4.78, 5) is 2.42. The van der Waals surface area contributed by atoms with E-state index in [1.165, 1.54) is 0 Å². The van der Waals surface area contributed by atoms with E-state index in [-0.39, 0.29) is 12.1 Å². The van der Waals surface area contributed by atoms with Crippen molar-refractivity contribution >= 4 is 0 Å². The van der Waals surface area contributed by atoms with Crippen LogP contribution in [0.3, 0.4) is 0 Å². The Kier molecular flexibility index (Phi) is 3.61. The van der Waals surface area contributed by atoms with Gasteiger partial charge in [-0.05, 0) is 11.6 Å². The van der Waals surface area contributed by atoms with Crippen LogP contribution in [0.4, 0.5) is 13.2 Å². The molecule has 0 bridgehead atoms. The molecule has 0 unspecified atom stereocenters. The van der Waals surface area contributed by atoms with Gasteiger partial charge in [-0.25, -0.2) is 13.2 Å². The maximum Gasteiger partial charge on any atom is 0.161 e. The normalized spacial score (nSPS) is 8.73. The van der Waals surface area contributed by atoms with Crippen LogP contribution < -0.4 is 0 Å². The fourth-order valence-electron chi connectivity index (χ4n) is 0.820. The second-order valence-electron chi connectivity index (χ2n) is 2.44. The Bertz CT molecular complexity index is 481. The quantitative estimate of drug-likeness (QED) is 0.225. The lowest BCUT2D eigenvalue weighted by atomic mass is 10.2. The molecule has 0 radical (unpaired) electrons. The summed E-state index contributed by atoms with van der Waals surface area (Å²) < 4.78 is 38.0. The predicted molar refractivity (Wildman–Crippen MR) is 47.2 cm³/mol. The predicted octanol–water partition coefficient (Wildman–Crippen LogP) is 2.77. The Morgan fingerprint density at radius 3 is 2.53 bits per heavy atom. The second kappa shape index (κ2) is 4.94.